The standard InChI is InChI=1S/C13H20N2OS/c1-10-6-8-17-12(10)9-15-13(16)11-5-3-2-4-7-14-11/h6,8,11,14H,2-5,7,9H2,1H3,(H,15,16). The van der Waals surface area contributed by atoms with Crippen molar-refractivity contribution in [3.63, 3.8) is 0 Å². The quantitative estimate of drug-likeness (QED) is 0.866. The van der Waals surface area contributed by atoms with Crippen molar-refractivity contribution < 1.29 is 4.79 Å². The summed E-state index contributed by atoms with van der Waals surface area (Å²) >= 11 is 1.71. The van der Waals surface area contributed by atoms with Gasteiger partial charge in [0.1, 0.15) is 0 Å². The molecule has 1 aromatic rings. The highest BCUT2D eigenvalue weighted by Gasteiger charge is 2.19. The number of thiophene rings is 1. The van der Waals surface area contributed by atoms with E-state index >= 15 is 0 Å². The van der Waals surface area contributed by atoms with Crippen molar-refractivity contribution in [1.82, 2.24) is 10.6 Å². The molecule has 0 aliphatic carbocycles. The van der Waals surface area contributed by atoms with E-state index in [-0.39, 0.29) is 11.9 Å². The summed E-state index contributed by atoms with van der Waals surface area (Å²) in [6, 6.07) is 2.11. The van der Waals surface area contributed by atoms with Crippen LogP contribution in [0.15, 0.2) is 11.4 Å². The summed E-state index contributed by atoms with van der Waals surface area (Å²) in [7, 11) is 0. The molecule has 1 aliphatic rings. The number of rotatable bonds is 3. The molecule has 1 atom stereocenters. The molecule has 0 bridgehead atoms. The van der Waals surface area contributed by atoms with Crippen LogP contribution in [0.3, 0.4) is 0 Å². The van der Waals surface area contributed by atoms with Crippen LogP contribution in [0, 0.1) is 6.92 Å². The molecular weight excluding hydrogens is 232 g/mol. The lowest BCUT2D eigenvalue weighted by atomic mass is 10.1. The van der Waals surface area contributed by atoms with Gasteiger partial charge in [0.25, 0.3) is 0 Å². The minimum Gasteiger partial charge on any atom is -0.350 e. The Kier molecular flexibility index (Phi) is 4.57. The summed E-state index contributed by atoms with van der Waals surface area (Å²) < 4.78 is 0. The summed E-state index contributed by atoms with van der Waals surface area (Å²) in [6.07, 6.45) is 4.55. The third-order valence-electron chi connectivity index (χ3n) is 3.27. The normalized spacial score (nSPS) is 20.9. The maximum absolute atomic E-state index is 12.0. The molecule has 2 N–H and O–H groups in total. The van der Waals surface area contributed by atoms with Gasteiger partial charge in [-0.2, -0.15) is 0 Å². The second kappa shape index (κ2) is 6.17. The van der Waals surface area contributed by atoms with E-state index in [1.807, 2.05) is 0 Å². The fraction of sp³-hybridized carbons (Fsp3) is 0.615. The van der Waals surface area contributed by atoms with E-state index in [4.69, 9.17) is 0 Å². The lowest BCUT2D eigenvalue weighted by Gasteiger charge is -2.15. The van der Waals surface area contributed by atoms with Crippen molar-refractivity contribution in [1.29, 1.82) is 0 Å². The van der Waals surface area contributed by atoms with E-state index in [1.54, 1.807) is 11.3 Å². The molecule has 1 aromatic heterocycles. The molecule has 94 valence electrons. The Labute approximate surface area is 107 Å². The van der Waals surface area contributed by atoms with Crippen LogP contribution in [0.5, 0.6) is 0 Å². The Balaban J connectivity index is 1.82. The molecule has 0 saturated carbocycles. The van der Waals surface area contributed by atoms with Crippen molar-refractivity contribution in [2.24, 2.45) is 0 Å². The molecule has 0 radical (unpaired) electrons. The first-order chi connectivity index (χ1) is 8.27. The first-order valence-corrected chi connectivity index (χ1v) is 7.19. The number of carbonyl (C=O) groups excluding carboxylic acids is 1. The molecule has 17 heavy (non-hydrogen) atoms. The van der Waals surface area contributed by atoms with E-state index in [0.717, 1.165) is 19.4 Å². The first kappa shape index (κ1) is 12.6. The molecule has 1 aliphatic heterocycles. The zero-order valence-electron chi connectivity index (χ0n) is 10.3. The van der Waals surface area contributed by atoms with Crippen LogP contribution in [0.1, 0.15) is 36.1 Å². The zero-order chi connectivity index (χ0) is 12.1. The molecular formula is C13H20N2OS. The smallest absolute Gasteiger partial charge is 0.237 e. The predicted octanol–water partition coefficient (Wildman–Crippen LogP) is 2.20. The van der Waals surface area contributed by atoms with E-state index in [9.17, 15) is 4.79 Å². The van der Waals surface area contributed by atoms with Gasteiger partial charge in [-0.15, -0.1) is 11.3 Å². The maximum Gasteiger partial charge on any atom is 0.237 e. The fourth-order valence-electron chi connectivity index (χ4n) is 2.13. The van der Waals surface area contributed by atoms with Crippen molar-refractivity contribution in [2.45, 2.75) is 45.2 Å². The number of hydrogen-bond acceptors (Lipinski definition) is 3. The van der Waals surface area contributed by atoms with Crippen LogP contribution in [-0.4, -0.2) is 18.5 Å². The fourth-order valence-corrected chi connectivity index (χ4v) is 2.97. The molecule has 0 spiro atoms. The largest absolute Gasteiger partial charge is 0.350 e. The van der Waals surface area contributed by atoms with Crippen LogP contribution in [0.4, 0.5) is 0 Å². The third-order valence-corrected chi connectivity index (χ3v) is 4.29. The average Bonchev–Trinajstić information content (AvgIpc) is 2.58. The summed E-state index contributed by atoms with van der Waals surface area (Å²) in [5.41, 5.74) is 1.27. The van der Waals surface area contributed by atoms with Gasteiger partial charge in [0.05, 0.1) is 12.6 Å². The minimum absolute atomic E-state index is 0.0118. The van der Waals surface area contributed by atoms with Gasteiger partial charge in [-0.05, 0) is 43.3 Å². The number of amides is 1. The molecule has 0 aromatic carbocycles. The lowest BCUT2D eigenvalue weighted by Crippen LogP contribution is -2.43. The van der Waals surface area contributed by atoms with Crippen LogP contribution in [-0.2, 0) is 11.3 Å². The summed E-state index contributed by atoms with van der Waals surface area (Å²) in [4.78, 5) is 13.2. The average molecular weight is 252 g/mol. The van der Waals surface area contributed by atoms with Gasteiger partial charge in [-0.25, -0.2) is 0 Å². The minimum atomic E-state index is 0.0118. The molecule has 3 nitrogen and oxygen atoms in total. The van der Waals surface area contributed by atoms with Gasteiger partial charge in [-0.1, -0.05) is 12.8 Å². The Morgan fingerprint density at radius 3 is 3.18 bits per heavy atom. The Morgan fingerprint density at radius 1 is 1.53 bits per heavy atom. The zero-order valence-corrected chi connectivity index (χ0v) is 11.1. The van der Waals surface area contributed by atoms with Gasteiger partial charge < -0.3 is 10.6 Å². The first-order valence-electron chi connectivity index (χ1n) is 6.31. The van der Waals surface area contributed by atoms with E-state index in [0.29, 0.717) is 6.54 Å². The van der Waals surface area contributed by atoms with Crippen LogP contribution < -0.4 is 10.6 Å². The number of hydrogen-bond donors (Lipinski definition) is 2. The van der Waals surface area contributed by atoms with E-state index < -0.39 is 0 Å². The van der Waals surface area contributed by atoms with Crippen LogP contribution >= 0.6 is 11.3 Å². The predicted molar refractivity (Wildman–Crippen MR) is 71.2 cm³/mol. The van der Waals surface area contributed by atoms with Crippen molar-refractivity contribution in [3.05, 3.63) is 21.9 Å². The summed E-state index contributed by atoms with van der Waals surface area (Å²) in [6.45, 7) is 3.72. The number of aryl methyl sites for hydroxylation is 1. The highest BCUT2D eigenvalue weighted by atomic mass is 32.1. The Morgan fingerprint density at radius 2 is 2.41 bits per heavy atom. The van der Waals surface area contributed by atoms with Gasteiger partial charge in [0, 0.05) is 4.88 Å². The highest BCUT2D eigenvalue weighted by molar-refractivity contribution is 7.10. The number of carbonyl (C=O) groups is 1. The van der Waals surface area contributed by atoms with Gasteiger partial charge in [0.2, 0.25) is 5.91 Å². The van der Waals surface area contributed by atoms with E-state index in [1.165, 1.54) is 23.3 Å². The monoisotopic (exact) mass is 252 g/mol. The van der Waals surface area contributed by atoms with Crippen molar-refractivity contribution >= 4 is 17.2 Å². The molecule has 1 amide bonds. The third kappa shape index (κ3) is 3.54. The Hall–Kier alpha value is -0.870. The molecule has 1 fully saturated rings. The summed E-state index contributed by atoms with van der Waals surface area (Å²) in [5.74, 6) is 0.153. The lowest BCUT2D eigenvalue weighted by molar-refractivity contribution is -0.123. The second-order valence-electron chi connectivity index (χ2n) is 4.60. The molecule has 1 saturated heterocycles. The second-order valence-corrected chi connectivity index (χ2v) is 5.60. The molecule has 4 heteroatoms. The van der Waals surface area contributed by atoms with Gasteiger partial charge >= 0.3 is 0 Å². The van der Waals surface area contributed by atoms with Gasteiger partial charge in [0.15, 0.2) is 0 Å². The number of nitrogens with one attached hydrogen (secondary N) is 2. The van der Waals surface area contributed by atoms with Crippen LogP contribution in [0.2, 0.25) is 0 Å². The van der Waals surface area contributed by atoms with Crippen LogP contribution in [0.25, 0.3) is 0 Å². The molecule has 1 unspecified atom stereocenters. The summed E-state index contributed by atoms with van der Waals surface area (Å²) in [5, 5.41) is 8.42. The maximum atomic E-state index is 12.0. The molecule has 2 heterocycles. The van der Waals surface area contributed by atoms with Crippen molar-refractivity contribution in [2.75, 3.05) is 6.54 Å². The van der Waals surface area contributed by atoms with Gasteiger partial charge in [-0.3, -0.25) is 4.79 Å². The van der Waals surface area contributed by atoms with Crippen molar-refractivity contribution in [3.8, 4) is 0 Å². The molecule has 2 rings (SSSR count). The van der Waals surface area contributed by atoms with E-state index in [2.05, 4.69) is 29.0 Å². The SMILES string of the molecule is Cc1ccsc1CNC(=O)C1CCCCCN1. The highest BCUT2D eigenvalue weighted by Crippen LogP contribution is 2.15. The Bertz CT molecular complexity index is 367. The topological polar surface area (TPSA) is 41.1 Å².